The molecule has 3 aromatic rings. The Balaban J connectivity index is 1.88. The zero-order chi connectivity index (χ0) is 19.8. The molecule has 0 N–H and O–H groups in total. The molecule has 7 heteroatoms. The van der Waals surface area contributed by atoms with Gasteiger partial charge in [-0.3, -0.25) is 9.79 Å². The molecule has 0 atom stereocenters. The normalized spacial score (nSPS) is 11.8. The highest BCUT2D eigenvalue weighted by Gasteiger charge is 2.19. The number of aliphatic imine (C=N–C) groups is 1. The summed E-state index contributed by atoms with van der Waals surface area (Å²) in [6.45, 7) is 2.32. The van der Waals surface area contributed by atoms with Gasteiger partial charge in [-0.25, -0.2) is 4.79 Å². The number of benzene rings is 2. The number of methoxy groups -OCH3 is 1. The highest BCUT2D eigenvalue weighted by molar-refractivity contribution is 6.32. The number of esters is 1. The van der Waals surface area contributed by atoms with Crippen LogP contribution in [0.1, 0.15) is 28.4 Å². The van der Waals surface area contributed by atoms with Crippen molar-refractivity contribution in [1.82, 2.24) is 4.57 Å². The molecule has 142 valence electrons. The molecule has 0 spiro atoms. The lowest BCUT2D eigenvalue weighted by Crippen LogP contribution is -2.20. The van der Waals surface area contributed by atoms with Gasteiger partial charge in [-0.15, -0.1) is 0 Å². The minimum Gasteiger partial charge on any atom is -0.495 e. The lowest BCUT2D eigenvalue weighted by molar-refractivity contribution is 0.0526. The van der Waals surface area contributed by atoms with Crippen molar-refractivity contribution >= 4 is 40.4 Å². The van der Waals surface area contributed by atoms with Crippen LogP contribution < -0.4 is 10.3 Å². The molecule has 28 heavy (non-hydrogen) atoms. The molecule has 0 saturated carbocycles. The lowest BCUT2D eigenvalue weighted by Gasteiger charge is -2.14. The number of hydrogen-bond acceptors (Lipinski definition) is 5. The van der Waals surface area contributed by atoms with Gasteiger partial charge < -0.3 is 14.0 Å². The summed E-state index contributed by atoms with van der Waals surface area (Å²) in [5.41, 5.74) is 3.04. The molecule has 1 aromatic heterocycles. The largest absolute Gasteiger partial charge is 0.495 e. The molecule has 2 aromatic carbocycles. The van der Waals surface area contributed by atoms with E-state index in [1.165, 1.54) is 6.07 Å². The second-order valence-electron chi connectivity index (χ2n) is 6.36. The Bertz CT molecular complexity index is 1200. The number of carbonyl (C=O) groups is 1. The monoisotopic (exact) mass is 396 g/mol. The van der Waals surface area contributed by atoms with Crippen molar-refractivity contribution in [2.75, 3.05) is 13.7 Å². The van der Waals surface area contributed by atoms with Crippen molar-refractivity contribution in [2.45, 2.75) is 13.5 Å². The van der Waals surface area contributed by atoms with Gasteiger partial charge in [0, 0.05) is 23.2 Å². The van der Waals surface area contributed by atoms with Gasteiger partial charge in [-0.05, 0) is 36.8 Å². The summed E-state index contributed by atoms with van der Waals surface area (Å²) in [4.78, 5) is 29.3. The van der Waals surface area contributed by atoms with Crippen LogP contribution in [0.2, 0.25) is 5.02 Å². The second kappa shape index (κ2) is 7.13. The average Bonchev–Trinajstić information content (AvgIpc) is 3.08. The van der Waals surface area contributed by atoms with E-state index in [0.29, 0.717) is 34.1 Å². The predicted molar refractivity (Wildman–Crippen MR) is 109 cm³/mol. The topological polar surface area (TPSA) is 69.9 Å². The first-order valence-corrected chi connectivity index (χ1v) is 9.15. The molecule has 4 rings (SSSR count). The van der Waals surface area contributed by atoms with Crippen LogP contribution in [0.4, 0.5) is 5.69 Å². The second-order valence-corrected chi connectivity index (χ2v) is 6.77. The van der Waals surface area contributed by atoms with Crippen molar-refractivity contribution in [3.63, 3.8) is 0 Å². The molecule has 1 aliphatic heterocycles. The van der Waals surface area contributed by atoms with E-state index in [-0.39, 0.29) is 12.2 Å². The van der Waals surface area contributed by atoms with E-state index in [1.807, 2.05) is 6.07 Å². The number of hydrogen-bond donors (Lipinski definition) is 0. The molecule has 6 nitrogen and oxygen atoms in total. The van der Waals surface area contributed by atoms with Crippen molar-refractivity contribution in [2.24, 2.45) is 4.99 Å². The Morgan fingerprint density at radius 1 is 1.21 bits per heavy atom. The molecule has 0 saturated heterocycles. The first-order chi connectivity index (χ1) is 13.5. The molecule has 0 radical (unpaired) electrons. The fourth-order valence-corrected chi connectivity index (χ4v) is 3.64. The minimum atomic E-state index is -0.433. The molecule has 0 amide bonds. The van der Waals surface area contributed by atoms with E-state index >= 15 is 0 Å². The van der Waals surface area contributed by atoms with Crippen LogP contribution in [0.3, 0.4) is 0 Å². The maximum absolute atomic E-state index is 12.8. The van der Waals surface area contributed by atoms with Crippen LogP contribution in [0.15, 0.2) is 46.2 Å². The summed E-state index contributed by atoms with van der Waals surface area (Å²) in [6.07, 6.45) is 1.66. The smallest absolute Gasteiger partial charge is 0.338 e. The maximum Gasteiger partial charge on any atom is 0.338 e. The van der Waals surface area contributed by atoms with Crippen LogP contribution in [0.5, 0.6) is 5.75 Å². The Hall–Kier alpha value is -3.12. The van der Waals surface area contributed by atoms with Crippen LogP contribution in [0, 0.1) is 0 Å². The van der Waals surface area contributed by atoms with Crippen molar-refractivity contribution < 1.29 is 14.3 Å². The van der Waals surface area contributed by atoms with Crippen LogP contribution in [0.25, 0.3) is 10.9 Å². The van der Waals surface area contributed by atoms with Gasteiger partial charge in [-0.2, -0.15) is 0 Å². The Morgan fingerprint density at radius 3 is 2.75 bits per heavy atom. The van der Waals surface area contributed by atoms with Crippen molar-refractivity contribution in [3.05, 3.63) is 68.5 Å². The minimum absolute atomic E-state index is 0.208. The molecular formula is C21H17ClN2O4. The van der Waals surface area contributed by atoms with E-state index in [1.54, 1.807) is 49.1 Å². The highest BCUT2D eigenvalue weighted by Crippen LogP contribution is 2.33. The molecule has 0 bridgehead atoms. The summed E-state index contributed by atoms with van der Waals surface area (Å²) >= 11 is 6.22. The number of rotatable bonds is 5. The molecule has 2 heterocycles. The third-order valence-corrected chi connectivity index (χ3v) is 4.93. The van der Waals surface area contributed by atoms with Gasteiger partial charge in [-0.1, -0.05) is 17.7 Å². The van der Waals surface area contributed by atoms with Crippen LogP contribution >= 0.6 is 11.6 Å². The molecule has 0 aliphatic carbocycles. The predicted octanol–water partition coefficient (Wildman–Crippen LogP) is 3.95. The highest BCUT2D eigenvalue weighted by atomic mass is 35.5. The summed E-state index contributed by atoms with van der Waals surface area (Å²) < 4.78 is 11.9. The van der Waals surface area contributed by atoms with E-state index in [4.69, 9.17) is 21.1 Å². The first-order valence-electron chi connectivity index (χ1n) is 8.77. The van der Waals surface area contributed by atoms with Crippen molar-refractivity contribution in [1.29, 1.82) is 0 Å². The fraction of sp³-hybridized carbons (Fsp3) is 0.190. The van der Waals surface area contributed by atoms with Gasteiger partial charge in [0.15, 0.2) is 0 Å². The summed E-state index contributed by atoms with van der Waals surface area (Å²) in [5, 5.41) is 1.31. The Kier molecular flexibility index (Phi) is 4.65. The summed E-state index contributed by atoms with van der Waals surface area (Å²) in [5.74, 6) is 0.133. The number of aromatic nitrogens is 1. The number of pyridine rings is 1. The molecule has 0 fully saturated rings. The van der Waals surface area contributed by atoms with E-state index < -0.39 is 5.97 Å². The SMILES string of the molecule is CCOC(=O)c1cc2c3c(cc(=O)n(Cc4ccc(OC)c(Cl)c4)c3c1)N=C2. The zero-order valence-corrected chi connectivity index (χ0v) is 16.1. The van der Waals surface area contributed by atoms with Gasteiger partial charge in [0.2, 0.25) is 0 Å². The van der Waals surface area contributed by atoms with Crippen LogP contribution in [-0.4, -0.2) is 30.5 Å². The first kappa shape index (κ1) is 18.3. The molecule has 1 aliphatic rings. The summed E-state index contributed by atoms with van der Waals surface area (Å²) in [6, 6.07) is 10.3. The quantitative estimate of drug-likeness (QED) is 0.479. The summed E-state index contributed by atoms with van der Waals surface area (Å²) in [7, 11) is 1.55. The Morgan fingerprint density at radius 2 is 2.04 bits per heavy atom. The average molecular weight is 397 g/mol. The van der Waals surface area contributed by atoms with Crippen LogP contribution in [-0.2, 0) is 11.3 Å². The molecular weight excluding hydrogens is 380 g/mol. The number of ether oxygens (including phenoxy) is 2. The van der Waals surface area contributed by atoms with E-state index in [2.05, 4.69) is 4.99 Å². The molecule has 0 unspecified atom stereocenters. The number of carbonyl (C=O) groups excluding carboxylic acids is 1. The van der Waals surface area contributed by atoms with Gasteiger partial charge >= 0.3 is 5.97 Å². The number of nitrogens with zero attached hydrogens (tertiary/aromatic N) is 2. The standard InChI is InChI=1S/C21H17ClN2O4/c1-3-28-21(26)13-7-14-10-23-16-9-19(25)24(17(8-13)20(14)16)11-12-4-5-18(27-2)15(22)6-12/h4-10H,3,11H2,1-2H3. The fourth-order valence-electron chi connectivity index (χ4n) is 3.36. The maximum atomic E-state index is 12.8. The van der Waals surface area contributed by atoms with Gasteiger partial charge in [0.1, 0.15) is 5.75 Å². The van der Waals surface area contributed by atoms with E-state index in [0.717, 1.165) is 16.5 Å². The van der Waals surface area contributed by atoms with E-state index in [9.17, 15) is 9.59 Å². The Labute approximate surface area is 166 Å². The third kappa shape index (κ3) is 3.05. The number of halogens is 1. The third-order valence-electron chi connectivity index (χ3n) is 4.63. The van der Waals surface area contributed by atoms with Gasteiger partial charge in [0.05, 0.1) is 42.1 Å². The van der Waals surface area contributed by atoms with Gasteiger partial charge in [0.25, 0.3) is 5.56 Å². The lowest BCUT2D eigenvalue weighted by atomic mass is 10.0. The van der Waals surface area contributed by atoms with Crippen molar-refractivity contribution in [3.8, 4) is 5.75 Å². The zero-order valence-electron chi connectivity index (χ0n) is 15.4.